The van der Waals surface area contributed by atoms with Gasteiger partial charge in [-0.3, -0.25) is 14.4 Å². The fourth-order valence-corrected chi connectivity index (χ4v) is 6.92. The molecule has 6 rings (SSSR count). The topological polar surface area (TPSA) is 131 Å². The largest absolute Gasteiger partial charge is 0.493 e. The molecule has 4 aromatic rings. The number of nitrogens with zero attached hydrogens (tertiary/aromatic N) is 6. The van der Waals surface area contributed by atoms with Crippen LogP contribution in [0.15, 0.2) is 55.1 Å². The van der Waals surface area contributed by atoms with Crippen LogP contribution in [-0.2, 0) is 22.7 Å². The van der Waals surface area contributed by atoms with E-state index in [1.54, 1.807) is 65.5 Å². The standard InChI is InChI=1S/C37H44FN7O6/c1-49-31-18-30-28(34(50-2)35(31)51-3)17-26-21-45(37(48)27-10-4-5-11-29(27)38)14-7-6-13-43(33(47)23-42-16-12-39-24-42)22-32(46)40-19-25-9-8-15-44(20-25)36(26)41-30/h4-5,10-12,16-18,24-25H,6-9,13-15,19-23H2,1-3H3,(H,40,46). The van der Waals surface area contributed by atoms with Crippen LogP contribution in [0.25, 0.3) is 10.9 Å². The van der Waals surface area contributed by atoms with Gasteiger partial charge in [-0.05, 0) is 49.8 Å². The van der Waals surface area contributed by atoms with Crippen LogP contribution in [0.4, 0.5) is 10.2 Å². The quantitative estimate of drug-likeness (QED) is 0.318. The minimum Gasteiger partial charge on any atom is -0.493 e. The van der Waals surface area contributed by atoms with Crippen LogP contribution in [0.5, 0.6) is 17.2 Å². The molecule has 14 heteroatoms. The zero-order valence-electron chi connectivity index (χ0n) is 29.3. The van der Waals surface area contributed by atoms with Gasteiger partial charge in [0.1, 0.15) is 18.2 Å². The number of pyridine rings is 1. The second kappa shape index (κ2) is 16.1. The summed E-state index contributed by atoms with van der Waals surface area (Å²) in [7, 11) is 4.64. The number of hydrogen-bond donors (Lipinski definition) is 1. The lowest BCUT2D eigenvalue weighted by molar-refractivity contribution is -0.136. The summed E-state index contributed by atoms with van der Waals surface area (Å²) in [6, 6.07) is 9.73. The van der Waals surface area contributed by atoms with Gasteiger partial charge in [0.2, 0.25) is 17.6 Å². The first-order chi connectivity index (χ1) is 24.8. The molecule has 13 nitrogen and oxygen atoms in total. The molecule has 0 aliphatic carbocycles. The average Bonchev–Trinajstić information content (AvgIpc) is 3.66. The Morgan fingerprint density at radius 1 is 0.961 bits per heavy atom. The Balaban J connectivity index is 1.40. The lowest BCUT2D eigenvalue weighted by atomic mass is 9.97. The summed E-state index contributed by atoms with van der Waals surface area (Å²) in [5, 5.41) is 3.75. The van der Waals surface area contributed by atoms with Crippen molar-refractivity contribution < 1.29 is 33.0 Å². The van der Waals surface area contributed by atoms with Crippen LogP contribution >= 0.6 is 0 Å². The number of rotatable bonds is 6. The molecule has 270 valence electrons. The number of fused-ring (bicyclic) bond motifs is 5. The predicted octanol–water partition coefficient (Wildman–Crippen LogP) is 3.89. The minimum atomic E-state index is -0.605. The molecule has 1 fully saturated rings. The number of anilines is 1. The number of carbonyl (C=O) groups excluding carboxylic acids is 3. The number of hydrogen-bond acceptors (Lipinski definition) is 9. The van der Waals surface area contributed by atoms with Crippen LogP contribution in [0.2, 0.25) is 0 Å². The summed E-state index contributed by atoms with van der Waals surface area (Å²) in [5.74, 6) is 0.649. The Labute approximate surface area is 296 Å². The Kier molecular flexibility index (Phi) is 11.2. The lowest BCUT2D eigenvalue weighted by Crippen LogP contribution is -2.46. The fourth-order valence-electron chi connectivity index (χ4n) is 6.92. The number of nitrogens with one attached hydrogen (secondary N) is 1. The monoisotopic (exact) mass is 701 g/mol. The van der Waals surface area contributed by atoms with Crippen molar-refractivity contribution >= 4 is 34.4 Å². The van der Waals surface area contributed by atoms with Gasteiger partial charge in [0.05, 0.1) is 45.3 Å². The number of ether oxygens (including phenoxy) is 3. The van der Waals surface area contributed by atoms with E-state index in [2.05, 4.69) is 15.2 Å². The molecule has 1 saturated heterocycles. The maximum Gasteiger partial charge on any atom is 0.257 e. The molecule has 2 aromatic heterocycles. The lowest BCUT2D eigenvalue weighted by Gasteiger charge is -2.36. The second-order valence-electron chi connectivity index (χ2n) is 12.9. The molecular weight excluding hydrogens is 657 g/mol. The van der Waals surface area contributed by atoms with Crippen molar-refractivity contribution in [1.82, 2.24) is 29.7 Å². The van der Waals surface area contributed by atoms with Crippen molar-refractivity contribution in [3.63, 3.8) is 0 Å². The van der Waals surface area contributed by atoms with E-state index in [9.17, 15) is 14.4 Å². The molecule has 1 N–H and O–H groups in total. The maximum absolute atomic E-state index is 15.1. The number of aromatic nitrogens is 3. The number of halogens is 1. The van der Waals surface area contributed by atoms with Gasteiger partial charge in [-0.2, -0.15) is 0 Å². The summed E-state index contributed by atoms with van der Waals surface area (Å²) in [6.45, 7) is 2.47. The molecule has 4 heterocycles. The van der Waals surface area contributed by atoms with E-state index in [0.717, 1.165) is 24.9 Å². The minimum absolute atomic E-state index is 0.0296. The van der Waals surface area contributed by atoms with Gasteiger partial charge in [0.25, 0.3) is 5.91 Å². The third kappa shape index (κ3) is 8.00. The van der Waals surface area contributed by atoms with Crippen molar-refractivity contribution in [2.75, 3.05) is 65.5 Å². The molecule has 2 aromatic carbocycles. The molecule has 1 unspecified atom stereocenters. The first-order valence-corrected chi connectivity index (χ1v) is 17.2. The third-order valence-corrected chi connectivity index (χ3v) is 9.51. The molecule has 3 amide bonds. The Morgan fingerprint density at radius 3 is 2.47 bits per heavy atom. The molecule has 51 heavy (non-hydrogen) atoms. The predicted molar refractivity (Wildman–Crippen MR) is 189 cm³/mol. The highest BCUT2D eigenvalue weighted by Gasteiger charge is 2.29. The van der Waals surface area contributed by atoms with Crippen molar-refractivity contribution in [3.8, 4) is 17.2 Å². The zero-order chi connectivity index (χ0) is 35.9. The van der Waals surface area contributed by atoms with Crippen LogP contribution in [0.1, 0.15) is 41.6 Å². The third-order valence-electron chi connectivity index (χ3n) is 9.51. The van der Waals surface area contributed by atoms with E-state index in [-0.39, 0.29) is 49.5 Å². The summed E-state index contributed by atoms with van der Waals surface area (Å²) in [6.07, 6.45) is 7.63. The molecule has 2 bridgehead atoms. The number of imidazole rings is 1. The second-order valence-corrected chi connectivity index (χ2v) is 12.9. The first-order valence-electron chi connectivity index (χ1n) is 17.2. The van der Waals surface area contributed by atoms with Crippen molar-refractivity contribution in [1.29, 1.82) is 0 Å². The highest BCUT2D eigenvalue weighted by Crippen LogP contribution is 2.44. The van der Waals surface area contributed by atoms with Gasteiger partial charge >= 0.3 is 0 Å². The summed E-state index contributed by atoms with van der Waals surface area (Å²) < 4.78 is 33.9. The molecule has 1 atom stereocenters. The highest BCUT2D eigenvalue weighted by atomic mass is 19.1. The number of benzene rings is 2. The smallest absolute Gasteiger partial charge is 0.257 e. The Morgan fingerprint density at radius 2 is 1.75 bits per heavy atom. The normalized spacial score (nSPS) is 17.5. The summed E-state index contributed by atoms with van der Waals surface area (Å²) in [4.78, 5) is 55.2. The van der Waals surface area contributed by atoms with E-state index < -0.39 is 11.7 Å². The van der Waals surface area contributed by atoms with E-state index in [0.29, 0.717) is 66.4 Å². The van der Waals surface area contributed by atoms with Crippen molar-refractivity contribution in [2.24, 2.45) is 5.92 Å². The molecular formula is C37H44FN7O6. The van der Waals surface area contributed by atoms with Crippen LogP contribution in [0.3, 0.4) is 0 Å². The summed E-state index contributed by atoms with van der Waals surface area (Å²) >= 11 is 0. The first kappa shape index (κ1) is 35.4. The van der Waals surface area contributed by atoms with Crippen LogP contribution in [-0.4, -0.2) is 103 Å². The molecule has 0 saturated carbocycles. The van der Waals surface area contributed by atoms with Crippen LogP contribution < -0.4 is 24.4 Å². The van der Waals surface area contributed by atoms with Gasteiger partial charge in [0.15, 0.2) is 11.5 Å². The van der Waals surface area contributed by atoms with E-state index in [1.807, 2.05) is 6.07 Å². The van der Waals surface area contributed by atoms with Gasteiger partial charge in [0, 0.05) is 68.7 Å². The van der Waals surface area contributed by atoms with E-state index in [4.69, 9.17) is 19.2 Å². The number of amides is 3. The average molecular weight is 702 g/mol. The van der Waals surface area contributed by atoms with Gasteiger partial charge in [-0.15, -0.1) is 0 Å². The zero-order valence-corrected chi connectivity index (χ0v) is 29.3. The summed E-state index contributed by atoms with van der Waals surface area (Å²) in [5.41, 5.74) is 1.35. The number of carbonyl (C=O) groups is 3. The Bertz CT molecular complexity index is 1870. The van der Waals surface area contributed by atoms with Gasteiger partial charge < -0.3 is 38.8 Å². The SMILES string of the molecule is COc1cc2nc3c(cc2c(OC)c1OC)CN(C(=O)c1ccccc1F)CCCCN(C(=O)Cn1ccnc1)CC(=O)NCC1CCCN3C1. The molecule has 0 spiro atoms. The van der Waals surface area contributed by atoms with Crippen molar-refractivity contribution in [2.45, 2.75) is 38.8 Å². The molecule has 2 aliphatic heterocycles. The molecule has 2 aliphatic rings. The molecule has 0 radical (unpaired) electrons. The number of piperidine rings is 1. The van der Waals surface area contributed by atoms with Gasteiger partial charge in [-0.1, -0.05) is 12.1 Å². The number of methoxy groups -OCH3 is 3. The van der Waals surface area contributed by atoms with E-state index in [1.165, 1.54) is 19.2 Å². The van der Waals surface area contributed by atoms with E-state index >= 15 is 4.39 Å². The fraction of sp³-hybridized carbons (Fsp3) is 0.432. The van der Waals surface area contributed by atoms with Crippen molar-refractivity contribution in [3.05, 3.63) is 72.1 Å². The maximum atomic E-state index is 15.1. The van der Waals surface area contributed by atoms with Crippen LogP contribution in [0, 0.1) is 11.7 Å². The Hall–Kier alpha value is -5.40. The van der Waals surface area contributed by atoms with Gasteiger partial charge in [-0.25, -0.2) is 14.4 Å². The highest BCUT2D eigenvalue weighted by molar-refractivity contribution is 5.95.